The molecule has 0 aliphatic rings. The van der Waals surface area contributed by atoms with Gasteiger partial charge in [0.05, 0.1) is 0 Å². The molecule has 1 rings (SSSR count). The number of nitrogens with one attached hydrogen (secondary N) is 2. The number of amides is 2. The second-order valence-corrected chi connectivity index (χ2v) is 5.61. The summed E-state index contributed by atoms with van der Waals surface area (Å²) in [7, 11) is 0. The van der Waals surface area contributed by atoms with Crippen molar-refractivity contribution in [1.29, 1.82) is 0 Å². The first kappa shape index (κ1) is 15.9. The van der Waals surface area contributed by atoms with E-state index in [1.807, 2.05) is 18.2 Å². The minimum absolute atomic E-state index is 0.402. The summed E-state index contributed by atoms with van der Waals surface area (Å²) in [6.07, 6.45) is 2.29. The number of carboxylic acids is 1. The molecule has 0 aliphatic heterocycles. The molecule has 0 saturated carbocycles. The Morgan fingerprint density at radius 1 is 1.35 bits per heavy atom. The number of urea groups is 1. The highest BCUT2D eigenvalue weighted by atomic mass is 16.4. The van der Waals surface area contributed by atoms with Crippen molar-refractivity contribution >= 4 is 12.0 Å². The SMILES string of the molecule is CC(C)(C)[C@H](NC(=O)NCCc1ccccn1)C(=O)O. The highest BCUT2D eigenvalue weighted by Crippen LogP contribution is 2.19. The van der Waals surface area contributed by atoms with E-state index in [-0.39, 0.29) is 0 Å². The fraction of sp³-hybridized carbons (Fsp3) is 0.500. The van der Waals surface area contributed by atoms with Gasteiger partial charge in [-0.1, -0.05) is 26.8 Å². The van der Waals surface area contributed by atoms with Crippen LogP contribution < -0.4 is 10.6 Å². The normalized spacial score (nSPS) is 12.6. The minimum atomic E-state index is -1.04. The van der Waals surface area contributed by atoms with Gasteiger partial charge in [0.25, 0.3) is 0 Å². The first-order valence-electron chi connectivity index (χ1n) is 6.48. The summed E-state index contributed by atoms with van der Waals surface area (Å²) in [6.45, 7) is 5.69. The molecular formula is C14H21N3O3. The molecule has 6 nitrogen and oxygen atoms in total. The molecule has 0 radical (unpaired) electrons. The number of carbonyl (C=O) groups is 2. The minimum Gasteiger partial charge on any atom is -0.480 e. The van der Waals surface area contributed by atoms with Crippen LogP contribution in [0.15, 0.2) is 24.4 Å². The lowest BCUT2D eigenvalue weighted by atomic mass is 9.87. The van der Waals surface area contributed by atoms with Gasteiger partial charge >= 0.3 is 12.0 Å². The summed E-state index contributed by atoms with van der Waals surface area (Å²) in [6, 6.07) is 4.16. The van der Waals surface area contributed by atoms with Crippen molar-refractivity contribution in [3.63, 3.8) is 0 Å². The molecule has 2 amide bonds. The lowest BCUT2D eigenvalue weighted by Gasteiger charge is -2.27. The predicted octanol–water partition coefficient (Wildman–Crippen LogP) is 1.42. The van der Waals surface area contributed by atoms with Crippen LogP contribution in [-0.2, 0) is 11.2 Å². The molecule has 3 N–H and O–H groups in total. The van der Waals surface area contributed by atoms with E-state index in [2.05, 4.69) is 15.6 Å². The van der Waals surface area contributed by atoms with Gasteiger partial charge in [0, 0.05) is 24.9 Å². The van der Waals surface area contributed by atoms with Crippen LogP contribution >= 0.6 is 0 Å². The fourth-order valence-electron chi connectivity index (χ4n) is 1.68. The van der Waals surface area contributed by atoms with E-state index < -0.39 is 23.5 Å². The second kappa shape index (κ2) is 6.88. The van der Waals surface area contributed by atoms with Crippen LogP contribution in [-0.4, -0.2) is 34.7 Å². The Bertz CT molecular complexity index is 454. The van der Waals surface area contributed by atoms with E-state index in [4.69, 9.17) is 5.11 Å². The van der Waals surface area contributed by atoms with E-state index in [0.717, 1.165) is 5.69 Å². The maximum absolute atomic E-state index is 11.7. The quantitative estimate of drug-likeness (QED) is 0.760. The number of hydrogen-bond acceptors (Lipinski definition) is 3. The summed E-state index contributed by atoms with van der Waals surface area (Å²) < 4.78 is 0. The Kier molecular flexibility index (Phi) is 5.49. The molecule has 0 aliphatic carbocycles. The average Bonchev–Trinajstić information content (AvgIpc) is 2.35. The largest absolute Gasteiger partial charge is 0.480 e. The monoisotopic (exact) mass is 279 g/mol. The molecule has 6 heteroatoms. The Morgan fingerprint density at radius 3 is 2.55 bits per heavy atom. The van der Waals surface area contributed by atoms with Crippen molar-refractivity contribution in [3.8, 4) is 0 Å². The summed E-state index contributed by atoms with van der Waals surface area (Å²) in [5.41, 5.74) is 0.322. The number of rotatable bonds is 5. The molecule has 0 fully saturated rings. The van der Waals surface area contributed by atoms with Crippen LogP contribution in [0, 0.1) is 5.41 Å². The zero-order valence-corrected chi connectivity index (χ0v) is 12.0. The van der Waals surface area contributed by atoms with Gasteiger partial charge in [-0.05, 0) is 17.5 Å². The number of pyridine rings is 1. The maximum atomic E-state index is 11.7. The Balaban J connectivity index is 2.41. The van der Waals surface area contributed by atoms with Gasteiger partial charge < -0.3 is 15.7 Å². The smallest absolute Gasteiger partial charge is 0.326 e. The fourth-order valence-corrected chi connectivity index (χ4v) is 1.68. The number of carbonyl (C=O) groups excluding carboxylic acids is 1. The van der Waals surface area contributed by atoms with Gasteiger partial charge in [-0.25, -0.2) is 9.59 Å². The highest BCUT2D eigenvalue weighted by molar-refractivity contribution is 5.83. The summed E-state index contributed by atoms with van der Waals surface area (Å²) >= 11 is 0. The van der Waals surface area contributed by atoms with Gasteiger partial charge in [0.15, 0.2) is 0 Å². The molecule has 0 unspecified atom stereocenters. The van der Waals surface area contributed by atoms with Gasteiger partial charge in [0.2, 0.25) is 0 Å². The van der Waals surface area contributed by atoms with E-state index in [0.29, 0.717) is 13.0 Å². The molecule has 0 spiro atoms. The summed E-state index contributed by atoms with van der Waals surface area (Å²) in [4.78, 5) is 27.0. The first-order valence-corrected chi connectivity index (χ1v) is 6.48. The van der Waals surface area contributed by atoms with Crippen molar-refractivity contribution in [2.45, 2.75) is 33.2 Å². The Labute approximate surface area is 118 Å². The molecule has 0 aromatic carbocycles. The molecule has 1 aromatic rings. The van der Waals surface area contributed by atoms with Gasteiger partial charge in [0.1, 0.15) is 6.04 Å². The molecule has 1 heterocycles. The van der Waals surface area contributed by atoms with Crippen LogP contribution in [0.4, 0.5) is 4.79 Å². The van der Waals surface area contributed by atoms with Gasteiger partial charge in [-0.2, -0.15) is 0 Å². The molecule has 110 valence electrons. The van der Waals surface area contributed by atoms with Crippen LogP contribution in [0.2, 0.25) is 0 Å². The molecular weight excluding hydrogens is 258 g/mol. The summed E-state index contributed by atoms with van der Waals surface area (Å²) in [5.74, 6) is -1.04. The zero-order valence-electron chi connectivity index (χ0n) is 12.0. The number of hydrogen-bond donors (Lipinski definition) is 3. The summed E-state index contributed by atoms with van der Waals surface area (Å²) in [5, 5.41) is 14.2. The Morgan fingerprint density at radius 2 is 2.05 bits per heavy atom. The zero-order chi connectivity index (χ0) is 15.2. The van der Waals surface area contributed by atoms with Gasteiger partial charge in [-0.15, -0.1) is 0 Å². The van der Waals surface area contributed by atoms with Crippen molar-refractivity contribution < 1.29 is 14.7 Å². The van der Waals surface area contributed by atoms with E-state index in [9.17, 15) is 9.59 Å². The van der Waals surface area contributed by atoms with Crippen LogP contribution in [0.3, 0.4) is 0 Å². The molecule has 0 saturated heterocycles. The first-order chi connectivity index (χ1) is 9.30. The topological polar surface area (TPSA) is 91.3 Å². The van der Waals surface area contributed by atoms with Crippen LogP contribution in [0.1, 0.15) is 26.5 Å². The maximum Gasteiger partial charge on any atom is 0.326 e. The number of carboxylic acid groups (broad SMARTS) is 1. The average molecular weight is 279 g/mol. The van der Waals surface area contributed by atoms with Crippen molar-refractivity contribution in [1.82, 2.24) is 15.6 Å². The van der Waals surface area contributed by atoms with E-state index >= 15 is 0 Å². The Hall–Kier alpha value is -2.11. The lowest BCUT2D eigenvalue weighted by molar-refractivity contribution is -0.141. The lowest BCUT2D eigenvalue weighted by Crippen LogP contribution is -2.52. The second-order valence-electron chi connectivity index (χ2n) is 5.61. The molecule has 1 aromatic heterocycles. The predicted molar refractivity (Wildman–Crippen MR) is 75.4 cm³/mol. The van der Waals surface area contributed by atoms with Crippen molar-refractivity contribution in [3.05, 3.63) is 30.1 Å². The van der Waals surface area contributed by atoms with Crippen LogP contribution in [0.25, 0.3) is 0 Å². The number of aliphatic carboxylic acids is 1. The number of nitrogens with zero attached hydrogens (tertiary/aromatic N) is 1. The highest BCUT2D eigenvalue weighted by Gasteiger charge is 2.32. The van der Waals surface area contributed by atoms with E-state index in [1.54, 1.807) is 27.0 Å². The van der Waals surface area contributed by atoms with Crippen molar-refractivity contribution in [2.24, 2.45) is 5.41 Å². The number of aromatic nitrogens is 1. The molecule has 1 atom stereocenters. The third-order valence-electron chi connectivity index (χ3n) is 2.78. The standard InChI is InChI=1S/C14H21N3O3/c1-14(2,3)11(12(18)19)17-13(20)16-9-7-10-6-4-5-8-15-10/h4-6,8,11H,7,9H2,1-3H3,(H,18,19)(H2,16,17,20)/t11-/m1/s1. The van der Waals surface area contributed by atoms with E-state index in [1.165, 1.54) is 0 Å². The third-order valence-corrected chi connectivity index (χ3v) is 2.78. The van der Waals surface area contributed by atoms with Gasteiger partial charge in [-0.3, -0.25) is 4.98 Å². The molecule has 20 heavy (non-hydrogen) atoms. The third kappa shape index (κ3) is 5.26. The van der Waals surface area contributed by atoms with Crippen LogP contribution in [0.5, 0.6) is 0 Å². The molecule has 0 bridgehead atoms. The van der Waals surface area contributed by atoms with Crippen molar-refractivity contribution in [2.75, 3.05) is 6.54 Å².